The molecular formula is C26H14BrF3O6. The number of methoxy groups -OCH3 is 1. The molecule has 0 bridgehead atoms. The molecular weight excluding hydrogens is 545 g/mol. The minimum Gasteiger partial charge on any atom is -0.493 e. The highest BCUT2D eigenvalue weighted by molar-refractivity contribution is 9.10. The van der Waals surface area contributed by atoms with E-state index in [1.165, 1.54) is 49.6 Å². The second-order valence-electron chi connectivity index (χ2n) is 7.68. The lowest BCUT2D eigenvalue weighted by Crippen LogP contribution is -2.16. The van der Waals surface area contributed by atoms with E-state index < -0.39 is 28.9 Å². The summed E-state index contributed by atoms with van der Waals surface area (Å²) in [4.78, 5) is 25.7. The second kappa shape index (κ2) is 8.87. The summed E-state index contributed by atoms with van der Waals surface area (Å²) in [7, 11) is 1.45. The largest absolute Gasteiger partial charge is 0.493 e. The van der Waals surface area contributed by atoms with Crippen LogP contribution < -0.4 is 14.9 Å². The SMILES string of the molecule is COc1cccc2cc(C(=O)Oc3ccc4c(=O)c(-c5ccc(Br)cc5)c(C(F)(F)F)oc4c3)oc12. The number of halogens is 4. The standard InChI is InChI=1S/C26H14BrF3O6/c1-33-18-4-2-3-14-11-20(35-23(14)18)25(32)34-16-9-10-17-19(12-16)36-24(26(28,29)30)21(22(17)31)13-5-7-15(27)8-6-13/h2-12H,1H3. The number of carbonyl (C=O) groups excluding carboxylic acids is 1. The molecule has 0 N–H and O–H groups in total. The van der Waals surface area contributed by atoms with Crippen molar-refractivity contribution in [2.45, 2.75) is 6.18 Å². The highest BCUT2D eigenvalue weighted by Crippen LogP contribution is 2.38. The monoisotopic (exact) mass is 558 g/mol. The predicted molar refractivity (Wildman–Crippen MR) is 128 cm³/mol. The van der Waals surface area contributed by atoms with Crippen LogP contribution in [0.15, 0.2) is 84.8 Å². The molecule has 6 nitrogen and oxygen atoms in total. The van der Waals surface area contributed by atoms with E-state index in [0.29, 0.717) is 21.2 Å². The lowest BCUT2D eigenvalue weighted by atomic mass is 10.0. The Kier molecular flexibility index (Phi) is 5.83. The Morgan fingerprint density at radius 3 is 2.42 bits per heavy atom. The minimum atomic E-state index is -4.95. The molecule has 0 saturated carbocycles. The molecule has 2 aromatic heterocycles. The molecule has 5 rings (SSSR count). The van der Waals surface area contributed by atoms with Crippen molar-refractivity contribution >= 4 is 43.8 Å². The zero-order valence-electron chi connectivity index (χ0n) is 18.3. The van der Waals surface area contributed by atoms with Gasteiger partial charge in [-0.1, -0.05) is 40.2 Å². The van der Waals surface area contributed by atoms with Crippen molar-refractivity contribution < 1.29 is 36.3 Å². The van der Waals surface area contributed by atoms with Gasteiger partial charge in [-0.2, -0.15) is 13.2 Å². The average Bonchev–Trinajstić information content (AvgIpc) is 3.29. The molecule has 3 aromatic carbocycles. The van der Waals surface area contributed by atoms with Gasteiger partial charge in [-0.05, 0) is 42.0 Å². The number of para-hydroxylation sites is 1. The first-order valence-electron chi connectivity index (χ1n) is 10.4. The number of rotatable bonds is 4. The molecule has 0 spiro atoms. The molecule has 36 heavy (non-hydrogen) atoms. The van der Waals surface area contributed by atoms with Crippen LogP contribution in [0.4, 0.5) is 13.2 Å². The van der Waals surface area contributed by atoms with E-state index in [4.69, 9.17) is 18.3 Å². The van der Waals surface area contributed by atoms with Crippen molar-refractivity contribution in [2.24, 2.45) is 0 Å². The number of fused-ring (bicyclic) bond motifs is 2. The van der Waals surface area contributed by atoms with Crippen LogP contribution in [0.5, 0.6) is 11.5 Å². The Bertz CT molecular complexity index is 1680. The third-order valence-corrected chi connectivity index (χ3v) is 5.92. The van der Waals surface area contributed by atoms with Crippen molar-refractivity contribution in [1.29, 1.82) is 0 Å². The Balaban J connectivity index is 1.56. The Labute approximate surface area is 209 Å². The molecule has 182 valence electrons. The lowest BCUT2D eigenvalue weighted by molar-refractivity contribution is -0.152. The summed E-state index contributed by atoms with van der Waals surface area (Å²) in [6, 6.07) is 15.9. The van der Waals surface area contributed by atoms with Gasteiger partial charge in [-0.3, -0.25) is 4.79 Å². The van der Waals surface area contributed by atoms with Crippen LogP contribution in [0, 0.1) is 0 Å². The van der Waals surface area contributed by atoms with Crippen LogP contribution in [-0.2, 0) is 6.18 Å². The van der Waals surface area contributed by atoms with Gasteiger partial charge in [0.05, 0.1) is 18.1 Å². The number of alkyl halides is 3. The van der Waals surface area contributed by atoms with Crippen molar-refractivity contribution in [1.82, 2.24) is 0 Å². The molecule has 0 aliphatic carbocycles. The summed E-state index contributed by atoms with van der Waals surface area (Å²) < 4.78 is 63.4. The number of ether oxygens (including phenoxy) is 2. The molecule has 0 unspecified atom stereocenters. The van der Waals surface area contributed by atoms with Crippen molar-refractivity contribution in [3.63, 3.8) is 0 Å². The highest BCUT2D eigenvalue weighted by atomic mass is 79.9. The minimum absolute atomic E-state index is 0.0528. The highest BCUT2D eigenvalue weighted by Gasteiger charge is 2.39. The molecule has 0 fully saturated rings. The first-order chi connectivity index (χ1) is 17.2. The fourth-order valence-electron chi connectivity index (χ4n) is 3.77. The zero-order chi connectivity index (χ0) is 25.6. The topological polar surface area (TPSA) is 78.9 Å². The van der Waals surface area contributed by atoms with E-state index in [2.05, 4.69) is 15.9 Å². The van der Waals surface area contributed by atoms with Gasteiger partial charge >= 0.3 is 12.1 Å². The van der Waals surface area contributed by atoms with Gasteiger partial charge in [-0.25, -0.2) is 4.79 Å². The molecule has 0 amide bonds. The quantitative estimate of drug-likeness (QED) is 0.171. The van der Waals surface area contributed by atoms with Crippen LogP contribution >= 0.6 is 15.9 Å². The van der Waals surface area contributed by atoms with Crippen LogP contribution in [-0.4, -0.2) is 13.1 Å². The number of furan rings is 1. The summed E-state index contributed by atoms with van der Waals surface area (Å²) in [6.07, 6.45) is -4.95. The molecule has 0 atom stereocenters. The smallest absolute Gasteiger partial charge is 0.450 e. The number of esters is 1. The van der Waals surface area contributed by atoms with E-state index in [9.17, 15) is 22.8 Å². The fraction of sp³-hybridized carbons (Fsp3) is 0.0769. The first-order valence-corrected chi connectivity index (χ1v) is 11.2. The predicted octanol–water partition coefficient (Wildman–Crippen LogP) is 7.22. The van der Waals surface area contributed by atoms with E-state index in [1.54, 1.807) is 18.2 Å². The third kappa shape index (κ3) is 4.24. The van der Waals surface area contributed by atoms with E-state index in [-0.39, 0.29) is 28.0 Å². The van der Waals surface area contributed by atoms with E-state index in [1.807, 2.05) is 0 Å². The van der Waals surface area contributed by atoms with Gasteiger partial charge in [0.25, 0.3) is 0 Å². The zero-order valence-corrected chi connectivity index (χ0v) is 19.9. The molecule has 0 saturated heterocycles. The number of hydrogen-bond acceptors (Lipinski definition) is 6. The van der Waals surface area contributed by atoms with Gasteiger partial charge in [0.2, 0.25) is 16.9 Å². The normalized spacial score (nSPS) is 11.7. The maximum Gasteiger partial charge on any atom is 0.450 e. The van der Waals surface area contributed by atoms with Crippen molar-refractivity contribution in [3.05, 3.63) is 92.9 Å². The summed E-state index contributed by atoms with van der Waals surface area (Å²) >= 11 is 3.22. The van der Waals surface area contributed by atoms with E-state index >= 15 is 0 Å². The van der Waals surface area contributed by atoms with Crippen LogP contribution in [0.1, 0.15) is 16.3 Å². The summed E-state index contributed by atoms with van der Waals surface area (Å²) in [5.41, 5.74) is -1.47. The summed E-state index contributed by atoms with van der Waals surface area (Å²) in [6.45, 7) is 0. The summed E-state index contributed by atoms with van der Waals surface area (Å²) in [5.74, 6) is -2.20. The fourth-order valence-corrected chi connectivity index (χ4v) is 4.03. The van der Waals surface area contributed by atoms with Gasteiger partial charge in [0, 0.05) is 15.9 Å². The molecule has 2 heterocycles. The van der Waals surface area contributed by atoms with Crippen LogP contribution in [0.2, 0.25) is 0 Å². The van der Waals surface area contributed by atoms with Crippen LogP contribution in [0.3, 0.4) is 0 Å². The van der Waals surface area contributed by atoms with Gasteiger partial charge in [0.1, 0.15) is 11.3 Å². The number of carbonyl (C=O) groups is 1. The molecule has 10 heteroatoms. The van der Waals surface area contributed by atoms with Gasteiger partial charge in [-0.15, -0.1) is 0 Å². The van der Waals surface area contributed by atoms with Gasteiger partial charge < -0.3 is 18.3 Å². The maximum atomic E-state index is 13.9. The molecule has 5 aromatic rings. The van der Waals surface area contributed by atoms with Crippen LogP contribution in [0.25, 0.3) is 33.1 Å². The Morgan fingerprint density at radius 2 is 1.72 bits per heavy atom. The molecule has 0 aliphatic heterocycles. The van der Waals surface area contributed by atoms with Crippen molar-refractivity contribution in [3.8, 4) is 22.6 Å². The maximum absolute atomic E-state index is 13.9. The Hall–Kier alpha value is -4.05. The average molecular weight is 559 g/mol. The number of hydrogen-bond donors (Lipinski definition) is 0. The molecule has 0 radical (unpaired) electrons. The first kappa shape index (κ1) is 23.7. The summed E-state index contributed by atoms with van der Waals surface area (Å²) in [5, 5.41) is 0.496. The molecule has 0 aliphatic rings. The third-order valence-electron chi connectivity index (χ3n) is 5.39. The van der Waals surface area contributed by atoms with Crippen molar-refractivity contribution in [2.75, 3.05) is 7.11 Å². The lowest BCUT2D eigenvalue weighted by Gasteiger charge is -2.13. The Morgan fingerprint density at radius 1 is 0.972 bits per heavy atom. The van der Waals surface area contributed by atoms with Gasteiger partial charge in [0.15, 0.2) is 11.3 Å². The second-order valence-corrected chi connectivity index (χ2v) is 8.59. The number of benzene rings is 3. The van der Waals surface area contributed by atoms with E-state index in [0.717, 1.165) is 6.07 Å².